The van der Waals surface area contributed by atoms with Gasteiger partial charge in [0, 0.05) is 32.4 Å². The highest BCUT2D eigenvalue weighted by Crippen LogP contribution is 2.41. The molecule has 0 N–H and O–H groups in total. The highest BCUT2D eigenvalue weighted by molar-refractivity contribution is 5.89. The van der Waals surface area contributed by atoms with Crippen LogP contribution in [0.4, 0.5) is 4.39 Å². The first-order chi connectivity index (χ1) is 16.2. The van der Waals surface area contributed by atoms with Gasteiger partial charge >= 0.3 is 0 Å². The van der Waals surface area contributed by atoms with Gasteiger partial charge in [-0.15, -0.1) is 0 Å². The molecule has 1 aromatic heterocycles. The molecule has 2 aliphatic heterocycles. The van der Waals surface area contributed by atoms with E-state index in [0.717, 1.165) is 41.9 Å². The van der Waals surface area contributed by atoms with E-state index in [0.29, 0.717) is 32.5 Å². The number of rotatable bonds is 5. The van der Waals surface area contributed by atoms with Gasteiger partial charge in [0.1, 0.15) is 5.82 Å². The van der Waals surface area contributed by atoms with Crippen LogP contribution in [0.25, 0.3) is 0 Å². The normalized spacial score (nSPS) is 20.0. The Morgan fingerprint density at radius 3 is 2.70 bits per heavy atom. The molecule has 2 aliphatic rings. The number of aromatic nitrogens is 2. The molecule has 2 aromatic carbocycles. The monoisotopic (exact) mass is 445 g/mol. The predicted molar refractivity (Wildman–Crippen MR) is 123 cm³/mol. The Labute approximate surface area is 193 Å². The molecule has 3 aromatic rings. The van der Waals surface area contributed by atoms with Gasteiger partial charge in [0.2, 0.25) is 5.91 Å². The highest BCUT2D eigenvalue weighted by atomic mass is 19.1. The van der Waals surface area contributed by atoms with E-state index < -0.39 is 5.41 Å². The fraction of sp³-hybridized carbons (Fsp3) is 0.370. The van der Waals surface area contributed by atoms with Gasteiger partial charge in [-0.2, -0.15) is 0 Å². The molecule has 1 amide bonds. The average Bonchev–Trinajstić information content (AvgIpc) is 3.35. The number of amides is 1. The quantitative estimate of drug-likeness (QED) is 0.575. The largest absolute Gasteiger partial charge is 0.381 e. The van der Waals surface area contributed by atoms with E-state index in [4.69, 9.17) is 9.72 Å². The molecule has 0 bridgehead atoms. The molecule has 2 fully saturated rings. The number of carbonyl (C=O) groups is 1. The van der Waals surface area contributed by atoms with Crippen molar-refractivity contribution < 1.29 is 13.9 Å². The van der Waals surface area contributed by atoms with Crippen LogP contribution in [0.15, 0.2) is 67.0 Å². The zero-order valence-electron chi connectivity index (χ0n) is 18.6. The zero-order valence-corrected chi connectivity index (χ0v) is 18.6. The molecule has 5 rings (SSSR count). The number of benzene rings is 2. The number of hydrogen-bond donors (Lipinski definition) is 0. The van der Waals surface area contributed by atoms with Gasteiger partial charge in [0.05, 0.1) is 29.0 Å². The van der Waals surface area contributed by atoms with Crippen molar-refractivity contribution in [3.05, 3.63) is 95.3 Å². The number of hydrogen-bond acceptors (Lipinski definition) is 4. The summed E-state index contributed by atoms with van der Waals surface area (Å²) < 4.78 is 19.2. The lowest BCUT2D eigenvalue weighted by molar-refractivity contribution is -0.142. The first-order valence-corrected chi connectivity index (χ1v) is 11.7. The van der Waals surface area contributed by atoms with E-state index in [1.165, 1.54) is 12.1 Å². The van der Waals surface area contributed by atoms with Gasteiger partial charge in [0.15, 0.2) is 0 Å². The van der Waals surface area contributed by atoms with Crippen molar-refractivity contribution in [1.82, 2.24) is 14.9 Å². The fourth-order valence-electron chi connectivity index (χ4n) is 5.22. The molecular weight excluding hydrogens is 417 g/mol. The Balaban J connectivity index is 1.42. The molecule has 0 aliphatic carbocycles. The molecule has 3 heterocycles. The summed E-state index contributed by atoms with van der Waals surface area (Å²) in [4.78, 5) is 25.4. The second-order valence-corrected chi connectivity index (χ2v) is 8.96. The first-order valence-electron chi connectivity index (χ1n) is 11.7. The van der Waals surface area contributed by atoms with E-state index >= 15 is 0 Å². The third kappa shape index (κ3) is 4.40. The van der Waals surface area contributed by atoms with Gasteiger partial charge in [0.25, 0.3) is 0 Å². The van der Waals surface area contributed by atoms with Gasteiger partial charge < -0.3 is 9.64 Å². The van der Waals surface area contributed by atoms with E-state index in [9.17, 15) is 9.18 Å². The van der Waals surface area contributed by atoms with Crippen molar-refractivity contribution in [2.24, 2.45) is 0 Å². The van der Waals surface area contributed by atoms with Gasteiger partial charge in [-0.1, -0.05) is 42.5 Å². The maximum Gasteiger partial charge on any atom is 0.233 e. The van der Waals surface area contributed by atoms with Crippen LogP contribution in [-0.4, -0.2) is 40.5 Å². The van der Waals surface area contributed by atoms with Crippen LogP contribution < -0.4 is 0 Å². The van der Waals surface area contributed by atoms with Crippen molar-refractivity contribution >= 4 is 5.91 Å². The minimum absolute atomic E-state index is 0.0964. The van der Waals surface area contributed by atoms with Crippen LogP contribution in [0, 0.1) is 5.82 Å². The van der Waals surface area contributed by atoms with Crippen molar-refractivity contribution in [2.45, 2.75) is 43.6 Å². The number of likely N-dealkylation sites (tertiary alicyclic amines) is 1. The Bertz CT molecular complexity index is 1120. The molecule has 170 valence electrons. The van der Waals surface area contributed by atoms with E-state index in [-0.39, 0.29) is 17.8 Å². The summed E-state index contributed by atoms with van der Waals surface area (Å²) in [6.45, 7) is 1.89. The Kier molecular flexibility index (Phi) is 6.18. The average molecular weight is 446 g/mol. The second-order valence-electron chi connectivity index (χ2n) is 8.96. The first kappa shape index (κ1) is 21.7. The molecule has 2 saturated heterocycles. The van der Waals surface area contributed by atoms with E-state index in [1.54, 1.807) is 18.5 Å². The smallest absolute Gasteiger partial charge is 0.233 e. The summed E-state index contributed by atoms with van der Waals surface area (Å²) in [6.07, 6.45) is 7.17. The number of carbonyl (C=O) groups excluding carboxylic acids is 1. The minimum Gasteiger partial charge on any atom is -0.381 e. The van der Waals surface area contributed by atoms with Gasteiger partial charge in [-0.3, -0.25) is 14.8 Å². The fourth-order valence-corrected chi connectivity index (χ4v) is 5.22. The number of nitrogens with zero attached hydrogens (tertiary/aromatic N) is 3. The molecule has 1 atom stereocenters. The topological polar surface area (TPSA) is 55.3 Å². The van der Waals surface area contributed by atoms with Gasteiger partial charge in [-0.05, 0) is 48.9 Å². The summed E-state index contributed by atoms with van der Waals surface area (Å²) >= 11 is 0. The van der Waals surface area contributed by atoms with E-state index in [1.807, 2.05) is 29.2 Å². The summed E-state index contributed by atoms with van der Waals surface area (Å²) in [5, 5.41) is 0. The number of ether oxygens (including phenoxy) is 1. The predicted octanol–water partition coefficient (Wildman–Crippen LogP) is 4.62. The molecule has 0 saturated carbocycles. The Morgan fingerprint density at radius 2 is 1.91 bits per heavy atom. The zero-order chi connectivity index (χ0) is 22.7. The molecular formula is C27H28FN3O2. The highest BCUT2D eigenvalue weighted by Gasteiger charge is 2.47. The molecule has 0 spiro atoms. The SMILES string of the molecule is O=C(N1CCC[C@H]1c1cncc(Cc2cccc(F)c2)n1)C1(c2ccccc2)CCOCC1. The minimum atomic E-state index is -0.561. The van der Waals surface area contributed by atoms with Crippen LogP contribution in [0.5, 0.6) is 0 Å². The van der Waals surface area contributed by atoms with E-state index in [2.05, 4.69) is 17.1 Å². The van der Waals surface area contributed by atoms with Crippen LogP contribution in [0.2, 0.25) is 0 Å². The summed E-state index contributed by atoms with van der Waals surface area (Å²) in [5.74, 6) is -0.0938. The van der Waals surface area contributed by atoms with Crippen molar-refractivity contribution in [1.29, 1.82) is 0 Å². The van der Waals surface area contributed by atoms with Crippen molar-refractivity contribution in [2.75, 3.05) is 19.8 Å². The summed E-state index contributed by atoms with van der Waals surface area (Å²) in [6, 6.07) is 16.6. The molecule has 6 heteroatoms. The number of halogens is 1. The lowest BCUT2D eigenvalue weighted by Crippen LogP contribution is -2.49. The van der Waals surface area contributed by atoms with Crippen molar-refractivity contribution in [3.63, 3.8) is 0 Å². The Hall–Kier alpha value is -3.12. The maximum absolute atomic E-state index is 14.1. The van der Waals surface area contributed by atoms with Crippen LogP contribution in [-0.2, 0) is 21.4 Å². The molecule has 0 unspecified atom stereocenters. The van der Waals surface area contributed by atoms with Crippen LogP contribution >= 0.6 is 0 Å². The maximum atomic E-state index is 14.1. The molecule has 0 radical (unpaired) electrons. The summed E-state index contributed by atoms with van der Waals surface area (Å²) in [5.41, 5.74) is 2.95. The summed E-state index contributed by atoms with van der Waals surface area (Å²) in [7, 11) is 0. The molecule has 33 heavy (non-hydrogen) atoms. The standard InChI is InChI=1S/C27H28FN3O2/c28-22-9-4-6-20(16-22)17-23-18-29-19-24(30-23)25-10-5-13-31(25)26(32)27(11-14-33-15-12-27)21-7-2-1-3-8-21/h1-4,6-9,16,18-19,25H,5,10-15,17H2/t25-/m0/s1. The van der Waals surface area contributed by atoms with Crippen LogP contribution in [0.3, 0.4) is 0 Å². The third-order valence-electron chi connectivity index (χ3n) is 6.91. The Morgan fingerprint density at radius 1 is 1.09 bits per heavy atom. The third-order valence-corrected chi connectivity index (χ3v) is 6.91. The van der Waals surface area contributed by atoms with Gasteiger partial charge in [-0.25, -0.2) is 4.39 Å². The van der Waals surface area contributed by atoms with Crippen molar-refractivity contribution in [3.8, 4) is 0 Å². The molecule has 5 nitrogen and oxygen atoms in total. The van der Waals surface area contributed by atoms with Crippen LogP contribution in [0.1, 0.15) is 54.2 Å². The second kappa shape index (κ2) is 9.40. The lowest BCUT2D eigenvalue weighted by atomic mass is 9.73. The lowest BCUT2D eigenvalue weighted by Gasteiger charge is -2.40.